The molecule has 0 aromatic carbocycles. The highest BCUT2D eigenvalue weighted by Gasteiger charge is 2.05. The molecule has 0 atom stereocenters. The van der Waals surface area contributed by atoms with Crippen molar-refractivity contribution >= 4 is 5.95 Å². The summed E-state index contributed by atoms with van der Waals surface area (Å²) < 4.78 is 0. The molecular weight excluding hydrogens is 212 g/mol. The Bertz CT molecular complexity index is 308. The van der Waals surface area contributed by atoms with Crippen molar-refractivity contribution in [2.45, 2.75) is 33.7 Å². The van der Waals surface area contributed by atoms with Crippen LogP contribution in [0.3, 0.4) is 0 Å². The molecule has 0 bridgehead atoms. The molecule has 0 amide bonds. The molecule has 0 saturated carbocycles. The molecule has 0 fully saturated rings. The van der Waals surface area contributed by atoms with Gasteiger partial charge in [-0.3, -0.25) is 0 Å². The Morgan fingerprint density at radius 1 is 1.29 bits per heavy atom. The average molecular weight is 236 g/mol. The van der Waals surface area contributed by atoms with Crippen molar-refractivity contribution in [1.82, 2.24) is 15.3 Å². The van der Waals surface area contributed by atoms with Gasteiger partial charge in [0.1, 0.15) is 0 Å². The van der Waals surface area contributed by atoms with Gasteiger partial charge in [-0.2, -0.15) is 0 Å². The molecule has 0 radical (unpaired) electrons. The fourth-order valence-electron chi connectivity index (χ4n) is 1.68. The van der Waals surface area contributed by atoms with Crippen LogP contribution in [0.25, 0.3) is 0 Å². The highest BCUT2D eigenvalue weighted by Crippen LogP contribution is 2.07. The fraction of sp³-hybridized carbons (Fsp3) is 0.692. The summed E-state index contributed by atoms with van der Waals surface area (Å²) in [7, 11) is 2.03. The van der Waals surface area contributed by atoms with Crippen LogP contribution in [0.15, 0.2) is 12.4 Å². The summed E-state index contributed by atoms with van der Waals surface area (Å²) in [5.74, 6) is 1.42. The lowest BCUT2D eigenvalue weighted by atomic mass is 10.2. The SMILES string of the molecule is CCCNCc1cnc(N(C)CC(C)C)nc1. The maximum atomic E-state index is 4.39. The van der Waals surface area contributed by atoms with Crippen molar-refractivity contribution in [3.05, 3.63) is 18.0 Å². The van der Waals surface area contributed by atoms with E-state index in [1.807, 2.05) is 19.4 Å². The fourth-order valence-corrected chi connectivity index (χ4v) is 1.68. The first-order valence-corrected chi connectivity index (χ1v) is 6.36. The van der Waals surface area contributed by atoms with Gasteiger partial charge in [0.2, 0.25) is 5.95 Å². The Morgan fingerprint density at radius 2 is 1.94 bits per heavy atom. The largest absolute Gasteiger partial charge is 0.344 e. The van der Waals surface area contributed by atoms with Crippen LogP contribution in [0.4, 0.5) is 5.95 Å². The average Bonchev–Trinajstić information content (AvgIpc) is 2.29. The molecule has 1 aromatic rings. The summed E-state index contributed by atoms with van der Waals surface area (Å²) in [6, 6.07) is 0. The first-order valence-electron chi connectivity index (χ1n) is 6.36. The molecular formula is C13H24N4. The summed E-state index contributed by atoms with van der Waals surface area (Å²) in [6.07, 6.45) is 4.96. The zero-order chi connectivity index (χ0) is 12.7. The maximum absolute atomic E-state index is 4.39. The van der Waals surface area contributed by atoms with E-state index in [-0.39, 0.29) is 0 Å². The van der Waals surface area contributed by atoms with Crippen LogP contribution in [-0.2, 0) is 6.54 Å². The number of aromatic nitrogens is 2. The van der Waals surface area contributed by atoms with E-state index in [1.165, 1.54) is 0 Å². The minimum Gasteiger partial charge on any atom is -0.344 e. The smallest absolute Gasteiger partial charge is 0.225 e. The summed E-state index contributed by atoms with van der Waals surface area (Å²) in [4.78, 5) is 10.9. The molecule has 0 aliphatic heterocycles. The number of nitrogens with one attached hydrogen (secondary N) is 1. The maximum Gasteiger partial charge on any atom is 0.225 e. The number of anilines is 1. The monoisotopic (exact) mass is 236 g/mol. The highest BCUT2D eigenvalue weighted by atomic mass is 15.2. The Labute approximate surface area is 104 Å². The third-order valence-electron chi connectivity index (χ3n) is 2.43. The van der Waals surface area contributed by atoms with Crippen LogP contribution in [0, 0.1) is 5.92 Å². The molecule has 0 spiro atoms. The van der Waals surface area contributed by atoms with Crippen molar-refractivity contribution < 1.29 is 0 Å². The van der Waals surface area contributed by atoms with Crippen molar-refractivity contribution in [3.63, 3.8) is 0 Å². The van der Waals surface area contributed by atoms with E-state index in [0.717, 1.165) is 37.6 Å². The zero-order valence-corrected chi connectivity index (χ0v) is 11.4. The molecule has 4 nitrogen and oxygen atoms in total. The Hall–Kier alpha value is -1.16. The van der Waals surface area contributed by atoms with Gasteiger partial charge in [-0.25, -0.2) is 9.97 Å². The van der Waals surface area contributed by atoms with Crippen LogP contribution in [0.2, 0.25) is 0 Å². The van der Waals surface area contributed by atoms with Crippen molar-refractivity contribution in [2.24, 2.45) is 5.92 Å². The van der Waals surface area contributed by atoms with E-state index in [4.69, 9.17) is 0 Å². The van der Waals surface area contributed by atoms with Crippen LogP contribution in [-0.4, -0.2) is 30.1 Å². The quantitative estimate of drug-likeness (QED) is 0.736. The molecule has 96 valence electrons. The van der Waals surface area contributed by atoms with Crippen molar-refractivity contribution in [1.29, 1.82) is 0 Å². The third-order valence-corrected chi connectivity index (χ3v) is 2.43. The molecule has 1 aromatic heterocycles. The molecule has 1 rings (SSSR count). The summed E-state index contributed by atoms with van der Waals surface area (Å²) in [6.45, 7) is 9.41. The molecule has 0 aliphatic carbocycles. The lowest BCUT2D eigenvalue weighted by molar-refractivity contribution is 0.628. The van der Waals surface area contributed by atoms with E-state index in [0.29, 0.717) is 5.92 Å². The van der Waals surface area contributed by atoms with Gasteiger partial charge in [-0.1, -0.05) is 20.8 Å². The Balaban J connectivity index is 2.49. The van der Waals surface area contributed by atoms with Gasteiger partial charge < -0.3 is 10.2 Å². The van der Waals surface area contributed by atoms with E-state index < -0.39 is 0 Å². The van der Waals surface area contributed by atoms with Gasteiger partial charge in [-0.05, 0) is 18.9 Å². The van der Waals surface area contributed by atoms with Gasteiger partial charge >= 0.3 is 0 Å². The number of nitrogens with zero attached hydrogens (tertiary/aromatic N) is 3. The molecule has 4 heteroatoms. The van der Waals surface area contributed by atoms with Gasteiger partial charge in [0.05, 0.1) is 0 Å². The lowest BCUT2D eigenvalue weighted by Gasteiger charge is -2.19. The molecule has 0 unspecified atom stereocenters. The molecule has 0 saturated heterocycles. The highest BCUT2D eigenvalue weighted by molar-refractivity contribution is 5.28. The minimum atomic E-state index is 0.620. The normalized spacial score (nSPS) is 10.9. The number of hydrogen-bond donors (Lipinski definition) is 1. The Kier molecular flexibility index (Phi) is 5.91. The number of rotatable bonds is 7. The summed E-state index contributed by atoms with van der Waals surface area (Å²) in [5.41, 5.74) is 1.14. The van der Waals surface area contributed by atoms with E-state index >= 15 is 0 Å². The second kappa shape index (κ2) is 7.22. The van der Waals surface area contributed by atoms with E-state index in [2.05, 4.69) is 41.0 Å². The van der Waals surface area contributed by atoms with Crippen LogP contribution in [0.5, 0.6) is 0 Å². The number of hydrogen-bond acceptors (Lipinski definition) is 4. The molecule has 1 heterocycles. The predicted octanol–water partition coefficient (Wildman–Crippen LogP) is 2.07. The molecule has 0 aliphatic rings. The zero-order valence-electron chi connectivity index (χ0n) is 11.4. The van der Waals surface area contributed by atoms with Gasteiger partial charge in [-0.15, -0.1) is 0 Å². The summed E-state index contributed by atoms with van der Waals surface area (Å²) >= 11 is 0. The Morgan fingerprint density at radius 3 is 2.47 bits per heavy atom. The van der Waals surface area contributed by atoms with Crippen molar-refractivity contribution in [2.75, 3.05) is 25.0 Å². The van der Waals surface area contributed by atoms with Crippen LogP contribution < -0.4 is 10.2 Å². The lowest BCUT2D eigenvalue weighted by Crippen LogP contribution is -2.24. The second-order valence-corrected chi connectivity index (χ2v) is 4.84. The molecule has 17 heavy (non-hydrogen) atoms. The summed E-state index contributed by atoms with van der Waals surface area (Å²) in [5, 5.41) is 3.34. The van der Waals surface area contributed by atoms with Gasteiger partial charge in [0, 0.05) is 38.1 Å². The van der Waals surface area contributed by atoms with E-state index in [1.54, 1.807) is 0 Å². The first kappa shape index (κ1) is 13.9. The van der Waals surface area contributed by atoms with Crippen LogP contribution >= 0.6 is 0 Å². The van der Waals surface area contributed by atoms with E-state index in [9.17, 15) is 0 Å². The van der Waals surface area contributed by atoms with Gasteiger partial charge in [0.15, 0.2) is 0 Å². The minimum absolute atomic E-state index is 0.620. The second-order valence-electron chi connectivity index (χ2n) is 4.84. The molecule has 1 N–H and O–H groups in total. The first-order chi connectivity index (χ1) is 8.13. The van der Waals surface area contributed by atoms with Crippen LogP contribution in [0.1, 0.15) is 32.8 Å². The third kappa shape index (κ3) is 5.13. The van der Waals surface area contributed by atoms with Crippen molar-refractivity contribution in [3.8, 4) is 0 Å². The topological polar surface area (TPSA) is 41.1 Å². The standard InChI is InChI=1S/C13H24N4/c1-5-6-14-7-12-8-15-13(16-9-12)17(4)10-11(2)3/h8-9,11,14H,5-7,10H2,1-4H3. The predicted molar refractivity (Wildman–Crippen MR) is 72.1 cm³/mol. The van der Waals surface area contributed by atoms with Gasteiger partial charge in [0.25, 0.3) is 0 Å².